The molecule has 1 amide bonds. The maximum atomic E-state index is 11.9. The van der Waals surface area contributed by atoms with E-state index in [1.807, 2.05) is 0 Å². The van der Waals surface area contributed by atoms with Crippen molar-refractivity contribution in [1.82, 2.24) is 4.90 Å². The summed E-state index contributed by atoms with van der Waals surface area (Å²) in [6.07, 6.45) is 7.59. The summed E-state index contributed by atoms with van der Waals surface area (Å²) in [7, 11) is 0. The van der Waals surface area contributed by atoms with Crippen LogP contribution in [0.2, 0.25) is 0 Å². The van der Waals surface area contributed by atoms with Crippen molar-refractivity contribution in [2.75, 3.05) is 13.1 Å². The zero-order chi connectivity index (χ0) is 9.54. The van der Waals surface area contributed by atoms with E-state index >= 15 is 0 Å². The molecule has 0 bridgehead atoms. The molecule has 2 aliphatic carbocycles. The second-order valence-electron chi connectivity index (χ2n) is 5.40. The van der Waals surface area contributed by atoms with Gasteiger partial charge in [0.15, 0.2) is 0 Å². The molecular formula is C12H19NO. The van der Waals surface area contributed by atoms with Gasteiger partial charge < -0.3 is 4.90 Å². The monoisotopic (exact) mass is 193 g/mol. The van der Waals surface area contributed by atoms with Crippen LogP contribution < -0.4 is 0 Å². The molecule has 1 aliphatic heterocycles. The Morgan fingerprint density at radius 3 is 2.29 bits per heavy atom. The number of hydrogen-bond donors (Lipinski definition) is 0. The molecule has 0 N–H and O–H groups in total. The predicted molar refractivity (Wildman–Crippen MR) is 54.8 cm³/mol. The zero-order valence-electron chi connectivity index (χ0n) is 8.74. The number of carbonyl (C=O) groups excluding carboxylic acids is 1. The lowest BCUT2D eigenvalue weighted by Crippen LogP contribution is -2.29. The van der Waals surface area contributed by atoms with Gasteiger partial charge in [-0.1, -0.05) is 6.42 Å². The maximum Gasteiger partial charge on any atom is 0.222 e. The van der Waals surface area contributed by atoms with E-state index < -0.39 is 0 Å². The summed E-state index contributed by atoms with van der Waals surface area (Å²) in [5.41, 5.74) is 0. The summed E-state index contributed by atoms with van der Waals surface area (Å²) in [6, 6.07) is 0. The first-order valence-electron chi connectivity index (χ1n) is 6.10. The minimum atomic E-state index is 0.446. The van der Waals surface area contributed by atoms with Crippen LogP contribution in [0.15, 0.2) is 0 Å². The quantitative estimate of drug-likeness (QED) is 0.657. The van der Waals surface area contributed by atoms with Gasteiger partial charge >= 0.3 is 0 Å². The highest BCUT2D eigenvalue weighted by Crippen LogP contribution is 2.39. The maximum absolute atomic E-state index is 11.9. The number of amides is 1. The topological polar surface area (TPSA) is 20.3 Å². The molecule has 1 saturated heterocycles. The van der Waals surface area contributed by atoms with Crippen LogP contribution in [0.3, 0.4) is 0 Å². The number of hydrogen-bond acceptors (Lipinski definition) is 1. The van der Waals surface area contributed by atoms with Crippen molar-refractivity contribution in [2.45, 2.75) is 38.5 Å². The highest BCUT2D eigenvalue weighted by atomic mass is 16.2. The average Bonchev–Trinajstić information content (AvgIpc) is 2.73. The fourth-order valence-corrected chi connectivity index (χ4v) is 3.14. The zero-order valence-corrected chi connectivity index (χ0v) is 8.74. The van der Waals surface area contributed by atoms with E-state index in [1.165, 1.54) is 32.1 Å². The Bertz CT molecular complexity index is 235. The summed E-state index contributed by atoms with van der Waals surface area (Å²) in [6.45, 7) is 2.16. The summed E-state index contributed by atoms with van der Waals surface area (Å²) in [4.78, 5) is 14.0. The van der Waals surface area contributed by atoms with Crippen LogP contribution in [0.1, 0.15) is 38.5 Å². The molecule has 0 aromatic carbocycles. The van der Waals surface area contributed by atoms with Crippen molar-refractivity contribution in [3.05, 3.63) is 0 Å². The molecule has 14 heavy (non-hydrogen) atoms. The normalized spacial score (nSPS) is 36.1. The first kappa shape index (κ1) is 8.75. The Balaban J connectivity index is 1.56. The first-order chi connectivity index (χ1) is 6.83. The second kappa shape index (κ2) is 3.25. The van der Waals surface area contributed by atoms with Crippen molar-refractivity contribution in [2.24, 2.45) is 17.8 Å². The molecule has 3 aliphatic rings. The summed E-state index contributed by atoms with van der Waals surface area (Å²) < 4.78 is 0. The molecule has 2 atom stereocenters. The molecule has 2 nitrogen and oxygen atoms in total. The van der Waals surface area contributed by atoms with Gasteiger partial charge in [0, 0.05) is 19.5 Å². The smallest absolute Gasteiger partial charge is 0.222 e. The second-order valence-corrected chi connectivity index (χ2v) is 5.40. The molecule has 3 fully saturated rings. The third kappa shape index (κ3) is 1.55. The van der Waals surface area contributed by atoms with E-state index in [9.17, 15) is 4.79 Å². The van der Waals surface area contributed by atoms with Gasteiger partial charge in [0.05, 0.1) is 0 Å². The number of nitrogens with zero attached hydrogens (tertiary/aromatic N) is 1. The summed E-state index contributed by atoms with van der Waals surface area (Å²) >= 11 is 0. The van der Waals surface area contributed by atoms with Crippen LogP contribution in [0.4, 0.5) is 0 Å². The number of rotatable bonds is 2. The molecule has 2 unspecified atom stereocenters. The number of carbonyl (C=O) groups is 1. The molecule has 1 heterocycles. The van der Waals surface area contributed by atoms with Gasteiger partial charge in [-0.05, 0) is 43.4 Å². The molecule has 0 radical (unpaired) electrons. The third-order valence-corrected chi connectivity index (χ3v) is 4.24. The van der Waals surface area contributed by atoms with E-state index in [0.29, 0.717) is 5.91 Å². The lowest BCUT2D eigenvalue weighted by molar-refractivity contribution is -0.130. The number of likely N-dealkylation sites (tertiary alicyclic amines) is 1. The first-order valence-corrected chi connectivity index (χ1v) is 6.10. The van der Waals surface area contributed by atoms with Gasteiger partial charge in [0.2, 0.25) is 5.91 Å². The van der Waals surface area contributed by atoms with E-state index in [0.717, 1.165) is 37.3 Å². The van der Waals surface area contributed by atoms with Crippen LogP contribution in [0.25, 0.3) is 0 Å². The lowest BCUT2D eigenvalue weighted by Gasteiger charge is -2.16. The number of fused-ring (bicyclic) bond motifs is 1. The molecule has 2 heteroatoms. The molecule has 3 rings (SSSR count). The fourth-order valence-electron chi connectivity index (χ4n) is 3.14. The van der Waals surface area contributed by atoms with E-state index in [1.54, 1.807) is 0 Å². The summed E-state index contributed by atoms with van der Waals surface area (Å²) in [5.74, 6) is 2.92. The van der Waals surface area contributed by atoms with E-state index in [-0.39, 0.29) is 0 Å². The standard InChI is InChI=1S/C12H19NO/c14-12(6-9-4-5-9)13-7-10-2-1-3-11(10)8-13/h9-11H,1-8H2. The molecule has 0 aromatic heterocycles. The van der Waals surface area contributed by atoms with E-state index in [2.05, 4.69) is 4.90 Å². The van der Waals surface area contributed by atoms with Crippen LogP contribution in [-0.2, 0) is 4.79 Å². The molecule has 0 aromatic rings. The minimum Gasteiger partial charge on any atom is -0.342 e. The van der Waals surface area contributed by atoms with Crippen LogP contribution >= 0.6 is 0 Å². The Hall–Kier alpha value is -0.530. The van der Waals surface area contributed by atoms with Gasteiger partial charge in [0.1, 0.15) is 0 Å². The van der Waals surface area contributed by atoms with Gasteiger partial charge in [-0.25, -0.2) is 0 Å². The Labute approximate surface area is 85.7 Å². The fraction of sp³-hybridized carbons (Fsp3) is 0.917. The van der Waals surface area contributed by atoms with Crippen LogP contribution in [0, 0.1) is 17.8 Å². The average molecular weight is 193 g/mol. The van der Waals surface area contributed by atoms with Crippen molar-refractivity contribution >= 4 is 5.91 Å². The van der Waals surface area contributed by atoms with Gasteiger partial charge in [-0.2, -0.15) is 0 Å². The SMILES string of the molecule is O=C(CC1CC1)N1CC2CCCC2C1. The highest BCUT2D eigenvalue weighted by Gasteiger charge is 2.38. The van der Waals surface area contributed by atoms with Crippen molar-refractivity contribution in [3.8, 4) is 0 Å². The lowest BCUT2D eigenvalue weighted by atomic mass is 10.0. The molecular weight excluding hydrogens is 174 g/mol. The van der Waals surface area contributed by atoms with Crippen molar-refractivity contribution in [1.29, 1.82) is 0 Å². The van der Waals surface area contributed by atoms with Gasteiger partial charge in [-0.15, -0.1) is 0 Å². The molecule has 2 saturated carbocycles. The summed E-state index contributed by atoms with van der Waals surface area (Å²) in [5, 5.41) is 0. The van der Waals surface area contributed by atoms with Crippen molar-refractivity contribution in [3.63, 3.8) is 0 Å². The van der Waals surface area contributed by atoms with Crippen LogP contribution in [-0.4, -0.2) is 23.9 Å². The van der Waals surface area contributed by atoms with Crippen molar-refractivity contribution < 1.29 is 4.79 Å². The van der Waals surface area contributed by atoms with Gasteiger partial charge in [-0.3, -0.25) is 4.79 Å². The predicted octanol–water partition coefficient (Wildman–Crippen LogP) is 2.04. The Kier molecular flexibility index (Phi) is 2.03. The Morgan fingerprint density at radius 2 is 1.71 bits per heavy atom. The minimum absolute atomic E-state index is 0.446. The van der Waals surface area contributed by atoms with Gasteiger partial charge in [0.25, 0.3) is 0 Å². The highest BCUT2D eigenvalue weighted by molar-refractivity contribution is 5.77. The Morgan fingerprint density at radius 1 is 1.07 bits per heavy atom. The van der Waals surface area contributed by atoms with E-state index in [4.69, 9.17) is 0 Å². The van der Waals surface area contributed by atoms with Crippen LogP contribution in [0.5, 0.6) is 0 Å². The third-order valence-electron chi connectivity index (χ3n) is 4.24. The molecule has 78 valence electrons. The molecule has 0 spiro atoms. The largest absolute Gasteiger partial charge is 0.342 e.